The fourth-order valence-corrected chi connectivity index (χ4v) is 2.88. The number of ether oxygens (including phenoxy) is 1. The topological polar surface area (TPSA) is 84.6 Å². The van der Waals surface area contributed by atoms with Crippen molar-refractivity contribution < 1.29 is 9.53 Å². The summed E-state index contributed by atoms with van der Waals surface area (Å²) in [5.41, 5.74) is 0. The van der Waals surface area contributed by atoms with E-state index in [-0.39, 0.29) is 36.0 Å². The molecule has 148 valence electrons. The second-order valence-electron chi connectivity index (χ2n) is 6.39. The second-order valence-corrected chi connectivity index (χ2v) is 6.39. The molecule has 1 heterocycles. The molecule has 26 heavy (non-hydrogen) atoms. The van der Waals surface area contributed by atoms with Gasteiger partial charge < -0.3 is 15.0 Å². The lowest BCUT2D eigenvalue weighted by molar-refractivity contribution is -0.148. The van der Waals surface area contributed by atoms with E-state index in [2.05, 4.69) is 20.4 Å². The first-order valence-electron chi connectivity index (χ1n) is 9.12. The molecule has 1 aliphatic rings. The minimum absolute atomic E-state index is 0. The third-order valence-corrected chi connectivity index (χ3v) is 4.28. The maximum Gasteiger partial charge on any atom is 0.306 e. The molecule has 0 amide bonds. The maximum atomic E-state index is 11.8. The quantitative estimate of drug-likeness (QED) is 0.203. The van der Waals surface area contributed by atoms with Gasteiger partial charge in [0.25, 0.3) is 0 Å². The van der Waals surface area contributed by atoms with Crippen LogP contribution in [0.4, 0.5) is 0 Å². The van der Waals surface area contributed by atoms with Gasteiger partial charge in [-0.05, 0) is 39.0 Å². The molecular formula is C17H31IN6O2. The fraction of sp³-hybridized carbons (Fsp3) is 0.765. The molecule has 1 aliphatic carbocycles. The summed E-state index contributed by atoms with van der Waals surface area (Å²) in [7, 11) is 3.83. The molecule has 1 aromatic heterocycles. The monoisotopic (exact) mass is 478 g/mol. The summed E-state index contributed by atoms with van der Waals surface area (Å²) in [4.78, 5) is 22.7. The lowest BCUT2D eigenvalue weighted by atomic mass is 10.3. The molecule has 0 saturated heterocycles. The van der Waals surface area contributed by atoms with E-state index < -0.39 is 0 Å². The Hall–Kier alpha value is -1.39. The van der Waals surface area contributed by atoms with Crippen molar-refractivity contribution in [3.63, 3.8) is 0 Å². The number of guanidine groups is 1. The zero-order valence-electron chi connectivity index (χ0n) is 16.0. The highest BCUT2D eigenvalue weighted by atomic mass is 127. The smallest absolute Gasteiger partial charge is 0.306 e. The number of nitrogens with zero attached hydrogens (tertiary/aromatic N) is 5. The van der Waals surface area contributed by atoms with E-state index in [4.69, 9.17) is 4.74 Å². The number of rotatable bonds is 8. The number of carbonyl (C=O) groups excluding carboxylic acids is 1. The molecule has 9 heteroatoms. The van der Waals surface area contributed by atoms with Gasteiger partial charge in [0.1, 0.15) is 18.3 Å². The first-order valence-corrected chi connectivity index (χ1v) is 9.12. The molecule has 0 spiro atoms. The van der Waals surface area contributed by atoms with Crippen molar-refractivity contribution >= 4 is 35.9 Å². The minimum Gasteiger partial charge on any atom is -0.462 e. The fourth-order valence-electron chi connectivity index (χ4n) is 2.88. The zero-order chi connectivity index (χ0) is 18.1. The molecule has 0 unspecified atom stereocenters. The molecule has 1 fully saturated rings. The average molecular weight is 478 g/mol. The molecule has 0 aliphatic heterocycles. The van der Waals surface area contributed by atoms with Crippen LogP contribution in [0.15, 0.2) is 11.3 Å². The van der Waals surface area contributed by atoms with Gasteiger partial charge >= 0.3 is 5.97 Å². The molecule has 1 N–H and O–H groups in total. The Bertz CT molecular complexity index is 571. The molecule has 2 rings (SSSR count). The van der Waals surface area contributed by atoms with Crippen molar-refractivity contribution in [1.82, 2.24) is 25.0 Å². The van der Waals surface area contributed by atoms with Crippen LogP contribution >= 0.6 is 24.0 Å². The van der Waals surface area contributed by atoms with E-state index in [1.807, 2.05) is 25.9 Å². The van der Waals surface area contributed by atoms with Gasteiger partial charge in [-0.1, -0.05) is 0 Å². The number of esters is 1. The van der Waals surface area contributed by atoms with Crippen LogP contribution in [0.25, 0.3) is 0 Å². The summed E-state index contributed by atoms with van der Waals surface area (Å²) in [5, 5.41) is 7.34. The van der Waals surface area contributed by atoms with Gasteiger partial charge in [-0.3, -0.25) is 14.5 Å². The van der Waals surface area contributed by atoms with Crippen LogP contribution in [-0.4, -0.2) is 57.8 Å². The van der Waals surface area contributed by atoms with E-state index >= 15 is 0 Å². The number of hydrogen-bond acceptors (Lipinski definition) is 5. The van der Waals surface area contributed by atoms with Gasteiger partial charge in [0, 0.05) is 33.6 Å². The summed E-state index contributed by atoms with van der Waals surface area (Å²) in [6.45, 7) is 4.02. The molecule has 0 bridgehead atoms. The maximum absolute atomic E-state index is 11.8. The third-order valence-electron chi connectivity index (χ3n) is 4.28. The van der Waals surface area contributed by atoms with E-state index in [1.165, 1.54) is 12.8 Å². The van der Waals surface area contributed by atoms with Crippen molar-refractivity contribution in [1.29, 1.82) is 0 Å². The Morgan fingerprint density at radius 1 is 1.46 bits per heavy atom. The lowest BCUT2D eigenvalue weighted by Gasteiger charge is -2.21. The normalized spacial score (nSPS) is 14.8. The van der Waals surface area contributed by atoms with E-state index in [9.17, 15) is 4.79 Å². The van der Waals surface area contributed by atoms with Gasteiger partial charge in [0.15, 0.2) is 5.96 Å². The van der Waals surface area contributed by atoms with Crippen LogP contribution in [0, 0.1) is 0 Å². The van der Waals surface area contributed by atoms with Crippen LogP contribution < -0.4 is 5.32 Å². The Labute approximate surface area is 172 Å². The van der Waals surface area contributed by atoms with Crippen LogP contribution in [0.5, 0.6) is 0 Å². The number of hydrogen-bond donors (Lipinski definition) is 1. The van der Waals surface area contributed by atoms with Gasteiger partial charge in [0.05, 0.1) is 6.54 Å². The molecule has 0 radical (unpaired) electrons. The predicted molar refractivity (Wildman–Crippen MR) is 111 cm³/mol. The van der Waals surface area contributed by atoms with E-state index in [0.717, 1.165) is 31.2 Å². The molecule has 1 saturated carbocycles. The average Bonchev–Trinajstić information content (AvgIpc) is 3.22. The molecule has 1 aromatic rings. The highest BCUT2D eigenvalue weighted by Gasteiger charge is 2.18. The van der Waals surface area contributed by atoms with Crippen LogP contribution in [0.2, 0.25) is 0 Å². The van der Waals surface area contributed by atoms with Crippen molar-refractivity contribution in [2.24, 2.45) is 12.0 Å². The van der Waals surface area contributed by atoms with Crippen molar-refractivity contribution in [2.45, 2.75) is 58.1 Å². The third kappa shape index (κ3) is 7.46. The lowest BCUT2D eigenvalue weighted by Crippen LogP contribution is -2.39. The van der Waals surface area contributed by atoms with Crippen molar-refractivity contribution in [3.05, 3.63) is 12.2 Å². The Morgan fingerprint density at radius 3 is 2.81 bits per heavy atom. The highest BCUT2D eigenvalue weighted by Crippen LogP contribution is 2.21. The number of nitrogens with one attached hydrogen (secondary N) is 1. The first kappa shape index (κ1) is 22.7. The highest BCUT2D eigenvalue weighted by molar-refractivity contribution is 14.0. The largest absolute Gasteiger partial charge is 0.462 e. The summed E-state index contributed by atoms with van der Waals surface area (Å²) in [6, 6.07) is 0. The van der Waals surface area contributed by atoms with Gasteiger partial charge in [-0.15, -0.1) is 24.0 Å². The van der Waals surface area contributed by atoms with E-state index in [0.29, 0.717) is 25.9 Å². The molecule has 0 aromatic carbocycles. The summed E-state index contributed by atoms with van der Waals surface area (Å²) in [5.74, 6) is 1.57. The standard InChI is InChI=1S/C17H30N6O2.HI/c1-4-18-17(22(2)12-15-20-13-21-23(15)3)19-11-7-10-16(24)25-14-8-5-6-9-14;/h13-14H,4-12H2,1-3H3,(H,18,19);1H. The Balaban J connectivity index is 0.00000338. The van der Waals surface area contributed by atoms with Gasteiger partial charge in [-0.2, -0.15) is 5.10 Å². The Kier molecular flexibility index (Phi) is 10.5. The van der Waals surface area contributed by atoms with Crippen molar-refractivity contribution in [3.8, 4) is 0 Å². The van der Waals surface area contributed by atoms with Crippen LogP contribution in [-0.2, 0) is 23.1 Å². The second kappa shape index (κ2) is 12.1. The van der Waals surface area contributed by atoms with Crippen molar-refractivity contribution in [2.75, 3.05) is 20.1 Å². The summed E-state index contributed by atoms with van der Waals surface area (Å²) in [6.07, 6.45) is 7.18. The molecule has 8 nitrogen and oxygen atoms in total. The minimum atomic E-state index is -0.0976. The number of aryl methyl sites for hydroxylation is 1. The number of aliphatic imine (C=N–C) groups is 1. The number of halogens is 1. The number of aromatic nitrogens is 3. The van der Waals surface area contributed by atoms with Gasteiger partial charge in [-0.25, -0.2) is 4.98 Å². The molecular weight excluding hydrogens is 447 g/mol. The summed E-state index contributed by atoms with van der Waals surface area (Å²) < 4.78 is 7.21. The molecule has 0 atom stereocenters. The summed E-state index contributed by atoms with van der Waals surface area (Å²) >= 11 is 0. The zero-order valence-corrected chi connectivity index (χ0v) is 18.3. The van der Waals surface area contributed by atoms with Crippen LogP contribution in [0.3, 0.4) is 0 Å². The van der Waals surface area contributed by atoms with Crippen LogP contribution in [0.1, 0.15) is 51.3 Å². The first-order chi connectivity index (χ1) is 12.1. The van der Waals surface area contributed by atoms with E-state index in [1.54, 1.807) is 11.0 Å². The SMILES string of the molecule is CCNC(=NCCCC(=O)OC1CCCC1)N(C)Cc1ncnn1C.I. The number of carbonyl (C=O) groups is 1. The van der Waals surface area contributed by atoms with Gasteiger partial charge in [0.2, 0.25) is 0 Å². The predicted octanol–water partition coefficient (Wildman–Crippen LogP) is 2.10. The Morgan fingerprint density at radius 2 is 2.19 bits per heavy atom.